The molecule has 0 saturated heterocycles. The van der Waals surface area contributed by atoms with E-state index in [4.69, 9.17) is 4.89 Å². The Morgan fingerprint density at radius 3 is 2.15 bits per heavy atom. The zero-order chi connectivity index (χ0) is 16.2. The third-order valence-corrected chi connectivity index (χ3v) is 6.62. The smallest absolute Gasteiger partial charge is 0.319 e. The summed E-state index contributed by atoms with van der Waals surface area (Å²) in [5.74, 6) is -0.922. The molecule has 0 fully saturated rings. The summed E-state index contributed by atoms with van der Waals surface area (Å²) < 4.78 is 13.8. The van der Waals surface area contributed by atoms with Gasteiger partial charge in [-0.1, -0.05) is 11.4 Å². The minimum absolute atomic E-state index is 0.0458. The van der Waals surface area contributed by atoms with E-state index in [2.05, 4.69) is 38.4 Å². The van der Waals surface area contributed by atoms with E-state index in [1.165, 1.54) is 18.5 Å². The summed E-state index contributed by atoms with van der Waals surface area (Å²) in [4.78, 5) is 30.7. The van der Waals surface area contributed by atoms with Crippen molar-refractivity contribution in [1.82, 2.24) is 0 Å². The van der Waals surface area contributed by atoms with Crippen LogP contribution in [0.2, 0.25) is 0 Å². The van der Waals surface area contributed by atoms with E-state index in [1.807, 2.05) is 0 Å². The molecule has 1 N–H and O–H groups in total. The Kier molecular flexibility index (Phi) is 14.5. The van der Waals surface area contributed by atoms with Crippen LogP contribution in [-0.2, 0) is 35.4 Å². The molecule has 6 nitrogen and oxygen atoms in total. The molecule has 0 heterocycles. The van der Waals surface area contributed by atoms with Crippen LogP contribution in [0.15, 0.2) is 0 Å². The maximum absolute atomic E-state index is 11.0. The highest BCUT2D eigenvalue weighted by Gasteiger charge is 2.19. The standard InChI is InChI=1S/C8H14O4S.C2H7O2PS2/c1-3-11-7(9)5-6(13)8(10)12-4-2;1-4-5(3,6)7-2/h6,13H,3-5H2,1-2H3;1-2H3,(H,3,6). The molecule has 120 valence electrons. The molecule has 0 aromatic carbocycles. The lowest BCUT2D eigenvalue weighted by atomic mass is 10.3. The van der Waals surface area contributed by atoms with E-state index in [1.54, 1.807) is 20.1 Å². The maximum Gasteiger partial charge on any atom is 0.319 e. The largest absolute Gasteiger partial charge is 0.466 e. The minimum Gasteiger partial charge on any atom is -0.466 e. The Morgan fingerprint density at radius 2 is 1.85 bits per heavy atom. The molecule has 2 atom stereocenters. The van der Waals surface area contributed by atoms with Gasteiger partial charge in [0.15, 0.2) is 0 Å². The fourth-order valence-corrected chi connectivity index (χ4v) is 1.59. The quantitative estimate of drug-likeness (QED) is 0.403. The number of ether oxygens (including phenoxy) is 2. The molecule has 0 aromatic heterocycles. The van der Waals surface area contributed by atoms with Crippen molar-refractivity contribution in [3.63, 3.8) is 0 Å². The SMILES string of the molecule is CCOC(=O)CC(S)C(=O)OCC.COP(O)(=S)SC. The van der Waals surface area contributed by atoms with Gasteiger partial charge in [0.1, 0.15) is 5.25 Å². The van der Waals surface area contributed by atoms with Crippen molar-refractivity contribution in [2.45, 2.75) is 25.5 Å². The second-order valence-corrected chi connectivity index (χ2v) is 10.2. The molecular formula is C10H21O6PS3. The number of esters is 2. The van der Waals surface area contributed by atoms with Gasteiger partial charge >= 0.3 is 11.9 Å². The van der Waals surface area contributed by atoms with Gasteiger partial charge in [0.2, 0.25) is 5.69 Å². The van der Waals surface area contributed by atoms with E-state index in [0.29, 0.717) is 13.2 Å². The van der Waals surface area contributed by atoms with Crippen molar-refractivity contribution in [3.05, 3.63) is 0 Å². The van der Waals surface area contributed by atoms with Crippen LogP contribution in [0.1, 0.15) is 20.3 Å². The molecule has 2 unspecified atom stereocenters. The molecule has 0 aliphatic rings. The molecule has 10 heteroatoms. The monoisotopic (exact) mass is 364 g/mol. The molecular weight excluding hydrogens is 343 g/mol. The summed E-state index contributed by atoms with van der Waals surface area (Å²) in [7, 11) is 1.41. The average molecular weight is 364 g/mol. The first kappa shape index (κ1) is 22.5. The second kappa shape index (κ2) is 12.9. The van der Waals surface area contributed by atoms with Crippen LogP contribution in [0.5, 0.6) is 0 Å². The highest BCUT2D eigenvalue weighted by molar-refractivity contribution is 8.67. The molecule has 0 bridgehead atoms. The van der Waals surface area contributed by atoms with Crippen LogP contribution in [0, 0.1) is 0 Å². The Morgan fingerprint density at radius 1 is 1.35 bits per heavy atom. The molecule has 0 radical (unpaired) electrons. The zero-order valence-electron chi connectivity index (χ0n) is 11.9. The van der Waals surface area contributed by atoms with Crippen molar-refractivity contribution < 1.29 is 28.5 Å². The van der Waals surface area contributed by atoms with E-state index < -0.39 is 22.9 Å². The van der Waals surface area contributed by atoms with Crippen LogP contribution in [0.25, 0.3) is 0 Å². The fourth-order valence-electron chi connectivity index (χ4n) is 0.774. The van der Waals surface area contributed by atoms with Gasteiger partial charge in [0, 0.05) is 7.11 Å². The third kappa shape index (κ3) is 13.2. The lowest BCUT2D eigenvalue weighted by Gasteiger charge is -2.08. The van der Waals surface area contributed by atoms with Crippen molar-refractivity contribution in [2.75, 3.05) is 26.6 Å². The molecule has 0 amide bonds. The van der Waals surface area contributed by atoms with Gasteiger partial charge < -0.3 is 18.9 Å². The summed E-state index contributed by atoms with van der Waals surface area (Å²) >= 11 is 9.66. The van der Waals surface area contributed by atoms with Gasteiger partial charge in [-0.3, -0.25) is 9.59 Å². The number of thiol groups is 1. The van der Waals surface area contributed by atoms with E-state index in [9.17, 15) is 9.59 Å². The van der Waals surface area contributed by atoms with Crippen LogP contribution >= 0.6 is 29.7 Å². The number of carbonyl (C=O) groups excluding carboxylic acids is 2. The Balaban J connectivity index is 0. The molecule has 0 spiro atoms. The summed E-state index contributed by atoms with van der Waals surface area (Å²) in [6, 6.07) is 0. The van der Waals surface area contributed by atoms with Gasteiger partial charge in [0.05, 0.1) is 19.6 Å². The highest BCUT2D eigenvalue weighted by Crippen LogP contribution is 2.53. The first-order valence-electron chi connectivity index (χ1n) is 5.68. The van der Waals surface area contributed by atoms with Gasteiger partial charge in [-0.25, -0.2) is 0 Å². The van der Waals surface area contributed by atoms with Gasteiger partial charge in [-0.05, 0) is 31.9 Å². The number of rotatable bonds is 7. The van der Waals surface area contributed by atoms with Crippen LogP contribution in [0.3, 0.4) is 0 Å². The van der Waals surface area contributed by atoms with Gasteiger partial charge in [0.25, 0.3) is 0 Å². The molecule has 0 saturated carbocycles. The minimum atomic E-state index is -2.40. The average Bonchev–Trinajstić information content (AvgIpc) is 2.40. The Hall–Kier alpha value is 0.210. The van der Waals surface area contributed by atoms with Crippen LogP contribution in [0.4, 0.5) is 0 Å². The number of carbonyl (C=O) groups is 2. The van der Waals surface area contributed by atoms with Gasteiger partial charge in [-0.2, -0.15) is 12.6 Å². The van der Waals surface area contributed by atoms with Crippen molar-refractivity contribution in [2.24, 2.45) is 0 Å². The predicted octanol–water partition coefficient (Wildman–Crippen LogP) is 2.01. The number of hydrogen-bond acceptors (Lipinski definition) is 8. The molecule has 0 aliphatic heterocycles. The lowest BCUT2D eigenvalue weighted by Crippen LogP contribution is -2.22. The first-order valence-corrected chi connectivity index (χ1v) is 10.7. The normalized spacial score (nSPS) is 14.3. The summed E-state index contributed by atoms with van der Waals surface area (Å²) in [5.41, 5.74) is -2.40. The molecule has 0 aliphatic carbocycles. The highest BCUT2D eigenvalue weighted by atomic mass is 32.9. The topological polar surface area (TPSA) is 82.1 Å². The van der Waals surface area contributed by atoms with Crippen LogP contribution in [-0.4, -0.2) is 48.7 Å². The summed E-state index contributed by atoms with van der Waals surface area (Å²) in [6.45, 7) is 4.00. The summed E-state index contributed by atoms with van der Waals surface area (Å²) in [6.07, 6.45) is 1.68. The first-order chi connectivity index (χ1) is 9.23. The Bertz CT molecular complexity index is 331. The predicted molar refractivity (Wildman–Crippen MR) is 87.7 cm³/mol. The van der Waals surface area contributed by atoms with E-state index >= 15 is 0 Å². The number of hydrogen-bond donors (Lipinski definition) is 2. The van der Waals surface area contributed by atoms with Crippen molar-refractivity contribution in [3.8, 4) is 0 Å². The van der Waals surface area contributed by atoms with E-state index in [0.717, 1.165) is 0 Å². The third-order valence-electron chi connectivity index (χ3n) is 1.69. The molecule has 0 aromatic rings. The lowest BCUT2D eigenvalue weighted by molar-refractivity contribution is -0.149. The van der Waals surface area contributed by atoms with Crippen LogP contribution < -0.4 is 0 Å². The van der Waals surface area contributed by atoms with Crippen molar-refractivity contribution >= 4 is 53.4 Å². The second-order valence-electron chi connectivity index (χ2n) is 3.11. The summed E-state index contributed by atoms with van der Waals surface area (Å²) in [5, 5.41) is -0.723. The molecule has 20 heavy (non-hydrogen) atoms. The van der Waals surface area contributed by atoms with Crippen molar-refractivity contribution in [1.29, 1.82) is 0 Å². The zero-order valence-corrected chi connectivity index (χ0v) is 15.3. The maximum atomic E-state index is 11.0. The molecule has 0 rings (SSSR count). The van der Waals surface area contributed by atoms with E-state index in [-0.39, 0.29) is 6.42 Å². The fraction of sp³-hybridized carbons (Fsp3) is 0.800. The Labute approximate surface area is 134 Å². The van der Waals surface area contributed by atoms with Gasteiger partial charge in [-0.15, -0.1) is 0 Å².